The molecule has 0 saturated carbocycles. The molecule has 0 saturated heterocycles. The number of hydrogen-bond donors (Lipinski definition) is 3. The van der Waals surface area contributed by atoms with Crippen LogP contribution in [0.2, 0.25) is 0 Å². The van der Waals surface area contributed by atoms with E-state index in [1.807, 2.05) is 6.92 Å². The zero-order valence-corrected chi connectivity index (χ0v) is 17.5. The van der Waals surface area contributed by atoms with Gasteiger partial charge < -0.3 is 21.1 Å². The van der Waals surface area contributed by atoms with E-state index in [9.17, 15) is 4.79 Å². The number of hydrogen-bond acceptors (Lipinski definition) is 8. The van der Waals surface area contributed by atoms with Gasteiger partial charge in [-0.3, -0.25) is 9.78 Å². The molecule has 0 spiro atoms. The van der Waals surface area contributed by atoms with Gasteiger partial charge in [-0.2, -0.15) is 4.98 Å². The molecule has 0 bridgehead atoms. The molecule has 0 radical (unpaired) electrons. The van der Waals surface area contributed by atoms with Crippen molar-refractivity contribution in [1.29, 1.82) is 0 Å². The van der Waals surface area contributed by atoms with Crippen molar-refractivity contribution in [2.24, 2.45) is 0 Å². The van der Waals surface area contributed by atoms with Crippen molar-refractivity contribution in [3.63, 3.8) is 0 Å². The highest BCUT2D eigenvalue weighted by atomic mass is 16.5. The Labute approximate surface area is 175 Å². The Hall–Kier alpha value is -3.49. The Bertz CT molecular complexity index is 1010. The summed E-state index contributed by atoms with van der Waals surface area (Å²) in [5.41, 5.74) is 6.69. The number of fused-ring (bicyclic) bond motifs is 1. The molecular weight excluding hydrogens is 382 g/mol. The van der Waals surface area contributed by atoms with Crippen LogP contribution in [0.5, 0.6) is 11.5 Å². The van der Waals surface area contributed by atoms with Crippen LogP contribution in [0.15, 0.2) is 36.8 Å². The average Bonchev–Trinajstić information content (AvgIpc) is 2.71. The van der Waals surface area contributed by atoms with Gasteiger partial charge in [0.25, 0.3) is 0 Å². The molecular formula is C21H27N7O2. The van der Waals surface area contributed by atoms with Crippen molar-refractivity contribution in [3.05, 3.63) is 36.8 Å². The summed E-state index contributed by atoms with van der Waals surface area (Å²) in [6.07, 6.45) is 7.80. The Morgan fingerprint density at radius 3 is 2.70 bits per heavy atom. The van der Waals surface area contributed by atoms with Crippen molar-refractivity contribution in [1.82, 2.24) is 25.3 Å². The van der Waals surface area contributed by atoms with Crippen molar-refractivity contribution in [2.45, 2.75) is 45.6 Å². The molecule has 0 unspecified atom stereocenters. The zero-order chi connectivity index (χ0) is 21.6. The predicted octanol–water partition coefficient (Wildman–Crippen LogP) is 3.29. The van der Waals surface area contributed by atoms with E-state index in [1.165, 1.54) is 6.92 Å². The molecule has 3 rings (SSSR count). The van der Waals surface area contributed by atoms with Crippen LogP contribution in [0, 0.1) is 0 Å². The van der Waals surface area contributed by atoms with E-state index in [-0.39, 0.29) is 11.9 Å². The summed E-state index contributed by atoms with van der Waals surface area (Å²) in [5.74, 6) is 1.75. The smallest absolute Gasteiger partial charge is 0.222 e. The van der Waals surface area contributed by atoms with Crippen molar-refractivity contribution < 1.29 is 9.53 Å². The first-order valence-corrected chi connectivity index (χ1v) is 9.92. The second-order valence-corrected chi connectivity index (χ2v) is 7.45. The monoisotopic (exact) mass is 409 g/mol. The van der Waals surface area contributed by atoms with Crippen LogP contribution in [-0.2, 0) is 4.79 Å². The van der Waals surface area contributed by atoms with E-state index in [0.29, 0.717) is 34.9 Å². The number of nitrogens with zero attached hydrogens (tertiary/aromatic N) is 4. The number of carbonyl (C=O) groups is 1. The van der Waals surface area contributed by atoms with Gasteiger partial charge in [-0.1, -0.05) is 19.8 Å². The summed E-state index contributed by atoms with van der Waals surface area (Å²) in [5, 5.41) is 6.33. The summed E-state index contributed by atoms with van der Waals surface area (Å²) in [4.78, 5) is 28.6. The van der Waals surface area contributed by atoms with Gasteiger partial charge in [-0.15, -0.1) is 0 Å². The molecule has 9 heteroatoms. The second kappa shape index (κ2) is 9.34. The first-order chi connectivity index (χ1) is 14.4. The van der Waals surface area contributed by atoms with Gasteiger partial charge in [0.1, 0.15) is 22.5 Å². The largest absolute Gasteiger partial charge is 0.456 e. The van der Waals surface area contributed by atoms with Gasteiger partial charge in [-0.25, -0.2) is 9.97 Å². The number of unbranched alkanes of at least 4 members (excludes halogenated alkanes) is 1. The van der Waals surface area contributed by atoms with Gasteiger partial charge in [0.15, 0.2) is 5.82 Å². The minimum atomic E-state index is -0.413. The van der Waals surface area contributed by atoms with Crippen molar-refractivity contribution >= 4 is 28.7 Å². The highest BCUT2D eigenvalue weighted by Crippen LogP contribution is 2.28. The van der Waals surface area contributed by atoms with E-state index in [0.717, 1.165) is 19.3 Å². The Morgan fingerprint density at radius 1 is 1.23 bits per heavy atom. The molecule has 3 heterocycles. The van der Waals surface area contributed by atoms with E-state index in [2.05, 4.69) is 37.5 Å². The van der Waals surface area contributed by atoms with Gasteiger partial charge >= 0.3 is 0 Å². The molecule has 4 N–H and O–H groups in total. The standard InChI is InChI=1S/C21H27N7O2/c1-4-5-8-21(3,13-25-14(2)29)28-19-18-17(26-20(22)27-19)11-16(12-24-18)30-15-6-9-23-10-7-15/h6-7,9-12H,4-5,8,13H2,1-3H3,(H,25,29)(H3,22,26,27,28)/t21-/m1/s1. The van der Waals surface area contributed by atoms with Crippen LogP contribution in [0.25, 0.3) is 11.0 Å². The van der Waals surface area contributed by atoms with Gasteiger partial charge in [0.2, 0.25) is 11.9 Å². The Kier molecular flexibility index (Phi) is 6.61. The number of rotatable bonds is 9. The van der Waals surface area contributed by atoms with Crippen LogP contribution < -0.4 is 21.1 Å². The number of nitrogens with one attached hydrogen (secondary N) is 2. The average molecular weight is 409 g/mol. The zero-order valence-electron chi connectivity index (χ0n) is 17.5. The maximum absolute atomic E-state index is 11.5. The summed E-state index contributed by atoms with van der Waals surface area (Å²) >= 11 is 0. The summed E-state index contributed by atoms with van der Waals surface area (Å²) in [6.45, 7) is 6.13. The number of ether oxygens (including phenoxy) is 1. The Morgan fingerprint density at radius 2 is 2.00 bits per heavy atom. The summed E-state index contributed by atoms with van der Waals surface area (Å²) < 4.78 is 5.81. The molecule has 158 valence electrons. The highest BCUT2D eigenvalue weighted by Gasteiger charge is 2.26. The molecule has 3 aromatic heterocycles. The number of pyridine rings is 2. The minimum absolute atomic E-state index is 0.0809. The van der Waals surface area contributed by atoms with Crippen LogP contribution >= 0.6 is 0 Å². The van der Waals surface area contributed by atoms with E-state index in [1.54, 1.807) is 36.8 Å². The quantitative estimate of drug-likeness (QED) is 0.491. The fourth-order valence-electron chi connectivity index (χ4n) is 3.07. The molecule has 9 nitrogen and oxygen atoms in total. The number of anilines is 2. The van der Waals surface area contributed by atoms with Gasteiger partial charge in [-0.05, 0) is 25.5 Å². The fraction of sp³-hybridized carbons (Fsp3) is 0.381. The third-order valence-corrected chi connectivity index (χ3v) is 4.64. The second-order valence-electron chi connectivity index (χ2n) is 7.45. The Balaban J connectivity index is 1.91. The number of nitrogens with two attached hydrogens (primary N) is 1. The summed E-state index contributed by atoms with van der Waals surface area (Å²) in [7, 11) is 0. The topological polar surface area (TPSA) is 128 Å². The minimum Gasteiger partial charge on any atom is -0.456 e. The lowest BCUT2D eigenvalue weighted by Crippen LogP contribution is -2.46. The number of carbonyl (C=O) groups excluding carboxylic acids is 1. The molecule has 0 aliphatic heterocycles. The van der Waals surface area contributed by atoms with E-state index < -0.39 is 5.54 Å². The van der Waals surface area contributed by atoms with Gasteiger partial charge in [0, 0.05) is 31.9 Å². The van der Waals surface area contributed by atoms with Crippen LogP contribution in [0.4, 0.5) is 11.8 Å². The van der Waals surface area contributed by atoms with Crippen molar-refractivity contribution in [2.75, 3.05) is 17.6 Å². The van der Waals surface area contributed by atoms with Crippen LogP contribution in [0.3, 0.4) is 0 Å². The van der Waals surface area contributed by atoms with Crippen LogP contribution in [-0.4, -0.2) is 37.9 Å². The van der Waals surface area contributed by atoms with E-state index in [4.69, 9.17) is 10.5 Å². The first kappa shape index (κ1) is 21.2. The summed E-state index contributed by atoms with van der Waals surface area (Å²) in [6, 6.07) is 5.28. The lowest BCUT2D eigenvalue weighted by Gasteiger charge is -2.32. The fourth-order valence-corrected chi connectivity index (χ4v) is 3.07. The maximum Gasteiger partial charge on any atom is 0.222 e. The molecule has 1 atom stereocenters. The lowest BCUT2D eigenvalue weighted by atomic mass is 9.94. The molecule has 3 aromatic rings. The molecule has 1 amide bonds. The third-order valence-electron chi connectivity index (χ3n) is 4.64. The third kappa shape index (κ3) is 5.53. The molecule has 30 heavy (non-hydrogen) atoms. The van der Waals surface area contributed by atoms with Gasteiger partial charge in [0.05, 0.1) is 11.7 Å². The molecule has 0 aromatic carbocycles. The predicted molar refractivity (Wildman–Crippen MR) is 116 cm³/mol. The highest BCUT2D eigenvalue weighted by molar-refractivity contribution is 5.87. The molecule has 0 aliphatic carbocycles. The van der Waals surface area contributed by atoms with E-state index >= 15 is 0 Å². The lowest BCUT2D eigenvalue weighted by molar-refractivity contribution is -0.119. The number of amides is 1. The maximum atomic E-state index is 11.5. The van der Waals surface area contributed by atoms with Crippen molar-refractivity contribution in [3.8, 4) is 11.5 Å². The normalized spacial score (nSPS) is 12.9. The first-order valence-electron chi connectivity index (χ1n) is 9.92. The SMILES string of the molecule is CCCC[C@](C)(CNC(C)=O)Nc1nc(N)nc2cc(Oc3ccncc3)cnc12. The number of nitrogen functional groups attached to an aromatic ring is 1. The van der Waals surface area contributed by atoms with Crippen LogP contribution in [0.1, 0.15) is 40.0 Å². The molecule has 0 aliphatic rings. The number of aromatic nitrogens is 4. The molecule has 0 fully saturated rings.